The fourth-order valence-electron chi connectivity index (χ4n) is 5.93. The molecule has 1 spiro atoms. The van der Waals surface area contributed by atoms with Gasteiger partial charge in [0.15, 0.2) is 0 Å². The maximum Gasteiger partial charge on any atom is 0.410 e. The van der Waals surface area contributed by atoms with E-state index in [1.54, 1.807) is 4.90 Å². The number of nitrogens with one attached hydrogen (secondary N) is 1. The number of nitrogens with zero attached hydrogens (tertiary/aromatic N) is 3. The molecule has 0 bridgehead atoms. The number of carbonyl (C=O) groups excluding carboxylic acids is 3. The molecule has 5 rings (SSSR count). The van der Waals surface area contributed by atoms with Crippen molar-refractivity contribution in [2.24, 2.45) is 5.41 Å². The Labute approximate surface area is 206 Å². The standard InChI is InChI=1S/C27H36N4O4/c1-26(2,3)35-25(34)29-16-12-27(13-17-29)10-6-20(7-11-27)30-14-8-19-18-21(4-5-22(19)30)31-15-9-23(32)28-24(31)33/h4-5,8,14,18,20H,6-7,9-13,15-17H2,1-3H3,(H,28,32,33). The molecule has 1 aromatic carbocycles. The Bertz CT molecular complexity index is 1130. The van der Waals surface area contributed by atoms with Crippen LogP contribution in [-0.2, 0) is 9.53 Å². The van der Waals surface area contributed by atoms with E-state index >= 15 is 0 Å². The van der Waals surface area contributed by atoms with Crippen molar-refractivity contribution in [1.29, 1.82) is 0 Å². The number of carbonyl (C=O) groups is 3. The first kappa shape index (κ1) is 23.7. The molecule has 0 radical (unpaired) electrons. The van der Waals surface area contributed by atoms with E-state index < -0.39 is 5.60 Å². The normalized spacial score (nSPS) is 21.5. The number of piperidine rings is 1. The summed E-state index contributed by atoms with van der Waals surface area (Å²) in [6, 6.07) is 8.34. The minimum Gasteiger partial charge on any atom is -0.444 e. The van der Waals surface area contributed by atoms with Crippen LogP contribution in [0.5, 0.6) is 0 Å². The fourth-order valence-corrected chi connectivity index (χ4v) is 5.93. The van der Waals surface area contributed by atoms with Crippen LogP contribution in [0.15, 0.2) is 30.5 Å². The lowest BCUT2D eigenvalue weighted by Crippen LogP contribution is -2.49. The van der Waals surface area contributed by atoms with Gasteiger partial charge in [0.25, 0.3) is 0 Å². The van der Waals surface area contributed by atoms with Crippen molar-refractivity contribution in [2.75, 3.05) is 24.5 Å². The van der Waals surface area contributed by atoms with Crippen LogP contribution in [0.4, 0.5) is 15.3 Å². The predicted molar refractivity (Wildman–Crippen MR) is 134 cm³/mol. The van der Waals surface area contributed by atoms with Gasteiger partial charge in [0.1, 0.15) is 5.60 Å². The van der Waals surface area contributed by atoms with E-state index in [9.17, 15) is 14.4 Å². The first-order valence-electron chi connectivity index (χ1n) is 12.8. The highest BCUT2D eigenvalue weighted by Crippen LogP contribution is 2.48. The number of urea groups is 1. The average molecular weight is 481 g/mol. The molecule has 8 nitrogen and oxygen atoms in total. The van der Waals surface area contributed by atoms with Crippen molar-refractivity contribution >= 4 is 34.6 Å². The second kappa shape index (κ2) is 8.88. The van der Waals surface area contributed by atoms with Crippen LogP contribution < -0.4 is 10.2 Å². The van der Waals surface area contributed by atoms with Crippen LogP contribution >= 0.6 is 0 Å². The molecule has 188 valence electrons. The Hall–Kier alpha value is -3.03. The molecule has 0 unspecified atom stereocenters. The number of likely N-dealkylation sites (tertiary alicyclic amines) is 1. The van der Waals surface area contributed by atoms with E-state index in [2.05, 4.69) is 28.2 Å². The first-order valence-corrected chi connectivity index (χ1v) is 12.8. The zero-order chi connectivity index (χ0) is 24.8. The number of amides is 4. The molecule has 3 heterocycles. The third kappa shape index (κ3) is 4.88. The first-order chi connectivity index (χ1) is 16.6. The Morgan fingerprint density at radius 1 is 1.03 bits per heavy atom. The Balaban J connectivity index is 1.21. The number of imide groups is 1. The van der Waals surface area contributed by atoms with E-state index in [0.717, 1.165) is 49.8 Å². The molecule has 2 aromatic rings. The van der Waals surface area contributed by atoms with Gasteiger partial charge in [-0.1, -0.05) is 0 Å². The van der Waals surface area contributed by atoms with Crippen molar-refractivity contribution in [3.05, 3.63) is 30.5 Å². The third-order valence-corrected chi connectivity index (χ3v) is 7.95. The summed E-state index contributed by atoms with van der Waals surface area (Å²) in [6.07, 6.45) is 9.03. The van der Waals surface area contributed by atoms with Gasteiger partial charge in [-0.2, -0.15) is 0 Å². The monoisotopic (exact) mass is 480 g/mol. The second-order valence-corrected chi connectivity index (χ2v) is 11.4. The van der Waals surface area contributed by atoms with Gasteiger partial charge in [-0.05, 0) is 89.0 Å². The minimum absolute atomic E-state index is 0.187. The number of anilines is 1. The van der Waals surface area contributed by atoms with Gasteiger partial charge in [0.05, 0.1) is 0 Å². The Morgan fingerprint density at radius 2 is 1.74 bits per heavy atom. The zero-order valence-electron chi connectivity index (χ0n) is 21.0. The van der Waals surface area contributed by atoms with Gasteiger partial charge < -0.3 is 14.2 Å². The van der Waals surface area contributed by atoms with Gasteiger partial charge in [-0.15, -0.1) is 0 Å². The number of hydrogen-bond acceptors (Lipinski definition) is 4. The lowest BCUT2D eigenvalue weighted by molar-refractivity contribution is -0.120. The fraction of sp³-hybridized carbons (Fsp3) is 0.593. The maximum absolute atomic E-state index is 12.4. The Morgan fingerprint density at radius 3 is 2.40 bits per heavy atom. The van der Waals surface area contributed by atoms with Crippen molar-refractivity contribution in [1.82, 2.24) is 14.8 Å². The van der Waals surface area contributed by atoms with E-state index in [-0.39, 0.29) is 18.0 Å². The topological polar surface area (TPSA) is 83.9 Å². The van der Waals surface area contributed by atoms with Crippen LogP contribution in [0.1, 0.15) is 71.8 Å². The lowest BCUT2D eigenvalue weighted by atomic mass is 9.67. The van der Waals surface area contributed by atoms with Gasteiger partial charge in [0, 0.05) is 54.9 Å². The highest BCUT2D eigenvalue weighted by atomic mass is 16.6. The summed E-state index contributed by atoms with van der Waals surface area (Å²) >= 11 is 0. The molecule has 8 heteroatoms. The summed E-state index contributed by atoms with van der Waals surface area (Å²) in [5.74, 6) is -0.218. The summed E-state index contributed by atoms with van der Waals surface area (Å²) in [5, 5.41) is 3.50. The van der Waals surface area contributed by atoms with Crippen LogP contribution in [0.25, 0.3) is 10.9 Å². The van der Waals surface area contributed by atoms with Crippen molar-refractivity contribution in [3.8, 4) is 0 Å². The lowest BCUT2D eigenvalue weighted by Gasteiger charge is -2.46. The minimum atomic E-state index is -0.455. The molecular weight excluding hydrogens is 444 g/mol. The highest BCUT2D eigenvalue weighted by Gasteiger charge is 2.40. The van der Waals surface area contributed by atoms with Crippen LogP contribution in [0.3, 0.4) is 0 Å². The second-order valence-electron chi connectivity index (χ2n) is 11.4. The Kier molecular flexibility index (Phi) is 6.01. The summed E-state index contributed by atoms with van der Waals surface area (Å²) in [5.41, 5.74) is 1.89. The van der Waals surface area contributed by atoms with Crippen molar-refractivity contribution in [2.45, 2.75) is 77.4 Å². The number of benzene rings is 1. The largest absolute Gasteiger partial charge is 0.444 e. The quantitative estimate of drug-likeness (QED) is 0.639. The zero-order valence-corrected chi connectivity index (χ0v) is 21.0. The van der Waals surface area contributed by atoms with Crippen LogP contribution in [0.2, 0.25) is 0 Å². The smallest absolute Gasteiger partial charge is 0.410 e. The van der Waals surface area contributed by atoms with Gasteiger partial charge >= 0.3 is 12.1 Å². The van der Waals surface area contributed by atoms with Gasteiger partial charge in [-0.3, -0.25) is 15.0 Å². The predicted octanol–water partition coefficient (Wildman–Crippen LogP) is 5.22. The summed E-state index contributed by atoms with van der Waals surface area (Å²) in [6.45, 7) is 7.71. The maximum atomic E-state index is 12.4. The molecule has 1 aromatic heterocycles. The molecule has 2 saturated heterocycles. The third-order valence-electron chi connectivity index (χ3n) is 7.95. The SMILES string of the molecule is CC(C)(C)OC(=O)N1CCC2(CCC(n3ccc4cc(N5CCC(=O)NC5=O)ccc43)CC2)CC1. The summed E-state index contributed by atoms with van der Waals surface area (Å²) < 4.78 is 7.95. The molecule has 1 saturated carbocycles. The number of hydrogen-bond donors (Lipinski definition) is 1. The summed E-state index contributed by atoms with van der Waals surface area (Å²) in [7, 11) is 0. The molecular formula is C27H36N4O4. The molecule has 1 N–H and O–H groups in total. The average Bonchev–Trinajstić information content (AvgIpc) is 3.22. The number of fused-ring (bicyclic) bond motifs is 1. The van der Waals surface area contributed by atoms with E-state index in [0.29, 0.717) is 24.4 Å². The molecule has 0 atom stereocenters. The van der Waals surface area contributed by atoms with Crippen LogP contribution in [0, 0.1) is 5.41 Å². The van der Waals surface area contributed by atoms with Crippen LogP contribution in [-0.4, -0.2) is 52.7 Å². The number of rotatable bonds is 2. The molecule has 4 amide bonds. The van der Waals surface area contributed by atoms with Gasteiger partial charge in [-0.25, -0.2) is 9.59 Å². The highest BCUT2D eigenvalue weighted by molar-refractivity contribution is 6.06. The van der Waals surface area contributed by atoms with Crippen molar-refractivity contribution in [3.63, 3.8) is 0 Å². The van der Waals surface area contributed by atoms with Gasteiger partial charge in [0.2, 0.25) is 5.91 Å². The molecule has 3 aliphatic rings. The molecule has 35 heavy (non-hydrogen) atoms. The van der Waals surface area contributed by atoms with E-state index in [1.807, 2.05) is 37.8 Å². The number of aromatic nitrogens is 1. The molecule has 1 aliphatic carbocycles. The number of ether oxygens (including phenoxy) is 1. The van der Waals surface area contributed by atoms with E-state index in [1.165, 1.54) is 18.4 Å². The molecule has 3 fully saturated rings. The van der Waals surface area contributed by atoms with Crippen molar-refractivity contribution < 1.29 is 19.1 Å². The molecule has 2 aliphatic heterocycles. The van der Waals surface area contributed by atoms with E-state index in [4.69, 9.17) is 4.74 Å². The summed E-state index contributed by atoms with van der Waals surface area (Å²) in [4.78, 5) is 39.6.